The van der Waals surface area contributed by atoms with E-state index < -0.39 is 13.7 Å². The Morgan fingerprint density at radius 2 is 1.77 bits per heavy atom. The van der Waals surface area contributed by atoms with Gasteiger partial charge in [-0.25, -0.2) is 4.85 Å². The van der Waals surface area contributed by atoms with Gasteiger partial charge in [-0.3, -0.25) is 0 Å². The molecule has 110 valence electrons. The summed E-state index contributed by atoms with van der Waals surface area (Å²) < 4.78 is 18.9. The minimum Gasteiger partial charge on any atom is -0.457 e. The lowest BCUT2D eigenvalue weighted by atomic mass is 9.76. The lowest BCUT2D eigenvalue weighted by Crippen LogP contribution is -2.30. The van der Waals surface area contributed by atoms with Crippen molar-refractivity contribution in [1.29, 1.82) is 0 Å². The van der Waals surface area contributed by atoms with Crippen LogP contribution in [0.15, 0.2) is 24.3 Å². The summed E-state index contributed by atoms with van der Waals surface area (Å²) >= 11 is 0. The quantitative estimate of drug-likeness (QED) is 0.683. The van der Waals surface area contributed by atoms with Crippen molar-refractivity contribution in [2.24, 2.45) is 0 Å². The molecule has 1 aliphatic heterocycles. The van der Waals surface area contributed by atoms with Crippen LogP contribution in [-0.4, -0.2) is 12.1 Å². The molecule has 0 radical (unpaired) electrons. The van der Waals surface area contributed by atoms with Gasteiger partial charge in [0.2, 0.25) is 0 Å². The molecule has 3 rings (SSSR count). The maximum atomic E-state index is 9.83. The number of ether oxygens (including phenoxy) is 1. The Balaban J connectivity index is 1.98. The van der Waals surface area contributed by atoms with Gasteiger partial charge in [-0.2, -0.15) is 0 Å². The van der Waals surface area contributed by atoms with Crippen molar-refractivity contribution >= 4 is 18.3 Å². The van der Waals surface area contributed by atoms with Gasteiger partial charge in [-0.1, -0.05) is 0 Å². The second kappa shape index (κ2) is 5.49. The molecule has 5 heteroatoms. The third-order valence-corrected chi connectivity index (χ3v) is 3.78. The predicted molar refractivity (Wildman–Crippen MR) is 85.8 cm³/mol. The molecule has 0 saturated heterocycles. The fraction of sp³-hybridized carbons (Fsp3) is 0.235. The molecule has 4 nitrogen and oxygen atoms in total. The molecule has 0 amide bonds. The van der Waals surface area contributed by atoms with Crippen LogP contribution < -0.4 is 10.2 Å². The van der Waals surface area contributed by atoms with Gasteiger partial charge in [0.1, 0.15) is 11.5 Å². The Morgan fingerprint density at radius 1 is 1.18 bits per heavy atom. The van der Waals surface area contributed by atoms with Gasteiger partial charge < -0.3 is 14.4 Å². The van der Waals surface area contributed by atoms with E-state index in [4.69, 9.17) is 17.3 Å². The van der Waals surface area contributed by atoms with Crippen molar-refractivity contribution in [3.8, 4) is 11.5 Å². The standard InChI is InChI=1S/C17H16BNO3/c1-10-5-15(8-13-9-21-18(20)16(10)13)22-14-6-11(2)17(19-4)12(3)7-14/h5-8,20H,9H2,1-3H3/i9D. The normalized spacial score (nSPS) is 17.0. The van der Waals surface area contributed by atoms with E-state index in [0.29, 0.717) is 28.2 Å². The highest BCUT2D eigenvalue weighted by atomic mass is 16.5. The lowest BCUT2D eigenvalue weighted by Gasteiger charge is -2.12. The van der Waals surface area contributed by atoms with Crippen molar-refractivity contribution in [3.05, 3.63) is 57.9 Å². The molecule has 0 bridgehead atoms. The van der Waals surface area contributed by atoms with Crippen molar-refractivity contribution < 1.29 is 15.8 Å². The van der Waals surface area contributed by atoms with Gasteiger partial charge in [0.15, 0.2) is 5.69 Å². The molecular weight excluding hydrogens is 277 g/mol. The Hall–Kier alpha value is -2.29. The zero-order valence-electron chi connectivity index (χ0n) is 13.7. The molecular formula is C17H16BNO3. The molecule has 1 N–H and O–H groups in total. The molecule has 0 aromatic heterocycles. The number of hydrogen-bond donors (Lipinski definition) is 1. The van der Waals surface area contributed by atoms with Crippen LogP contribution in [-0.2, 0) is 11.2 Å². The molecule has 2 aromatic rings. The summed E-state index contributed by atoms with van der Waals surface area (Å²) in [6.45, 7) is 11.9. The first-order chi connectivity index (χ1) is 10.9. The number of benzene rings is 2. The first-order valence-electron chi connectivity index (χ1n) is 7.55. The molecule has 0 aliphatic carbocycles. The van der Waals surface area contributed by atoms with Crippen molar-refractivity contribution in [2.45, 2.75) is 27.4 Å². The molecule has 1 unspecified atom stereocenters. The van der Waals surface area contributed by atoms with Crippen molar-refractivity contribution in [3.63, 3.8) is 0 Å². The Labute approximate surface area is 131 Å². The second-order valence-electron chi connectivity index (χ2n) is 5.47. The molecule has 0 spiro atoms. The number of nitrogens with zero attached hydrogens (tertiary/aromatic N) is 1. The van der Waals surface area contributed by atoms with E-state index in [1.165, 1.54) is 0 Å². The third kappa shape index (κ3) is 2.48. The van der Waals surface area contributed by atoms with Gasteiger partial charge in [0.05, 0.1) is 14.5 Å². The minimum absolute atomic E-state index is 0.588. The summed E-state index contributed by atoms with van der Waals surface area (Å²) in [7, 11) is -1.05. The largest absolute Gasteiger partial charge is 0.492 e. The van der Waals surface area contributed by atoms with Crippen LogP contribution in [0, 0.1) is 27.3 Å². The summed E-state index contributed by atoms with van der Waals surface area (Å²) in [4.78, 5) is 3.52. The molecule has 22 heavy (non-hydrogen) atoms. The predicted octanol–water partition coefficient (Wildman–Crippen LogP) is 3.17. The zero-order valence-corrected chi connectivity index (χ0v) is 12.7. The smallest absolute Gasteiger partial charge is 0.457 e. The van der Waals surface area contributed by atoms with Gasteiger partial charge in [0.25, 0.3) is 0 Å². The van der Waals surface area contributed by atoms with Crippen LogP contribution in [0.2, 0.25) is 0 Å². The SMILES string of the molecule is [2H]C1OB(O)c2c(C)cc(Oc3cc(C)c([N+]#[C-])c(C)c3)cc21. The average Bonchev–Trinajstić information content (AvgIpc) is 2.73. The first kappa shape index (κ1) is 13.4. The van der Waals surface area contributed by atoms with E-state index in [2.05, 4.69) is 4.85 Å². The Kier molecular flexibility index (Phi) is 3.34. The fourth-order valence-corrected chi connectivity index (χ4v) is 2.78. The molecule has 1 atom stereocenters. The van der Waals surface area contributed by atoms with Crippen LogP contribution in [0.5, 0.6) is 11.5 Å². The first-order valence-corrected chi connectivity index (χ1v) is 6.97. The topological polar surface area (TPSA) is 43.0 Å². The summed E-state index contributed by atoms with van der Waals surface area (Å²) in [5, 5.41) is 9.83. The minimum atomic E-state index is -1.05. The van der Waals surface area contributed by atoms with Crippen LogP contribution in [0.25, 0.3) is 4.85 Å². The lowest BCUT2D eigenvalue weighted by molar-refractivity contribution is 0.275. The van der Waals surface area contributed by atoms with Crippen molar-refractivity contribution in [2.75, 3.05) is 0 Å². The Morgan fingerprint density at radius 3 is 2.41 bits per heavy atom. The number of hydrogen-bond acceptors (Lipinski definition) is 3. The molecule has 0 saturated carbocycles. The average molecular weight is 294 g/mol. The van der Waals surface area contributed by atoms with E-state index in [9.17, 15) is 5.02 Å². The number of rotatable bonds is 2. The highest BCUT2D eigenvalue weighted by molar-refractivity contribution is 6.62. The monoisotopic (exact) mass is 294 g/mol. The summed E-state index contributed by atoms with van der Waals surface area (Å²) in [6, 6.07) is 7.19. The van der Waals surface area contributed by atoms with E-state index in [-0.39, 0.29) is 0 Å². The zero-order chi connectivity index (χ0) is 16.7. The van der Waals surface area contributed by atoms with Gasteiger partial charge in [-0.05, 0) is 72.8 Å². The second-order valence-corrected chi connectivity index (χ2v) is 5.47. The van der Waals surface area contributed by atoms with E-state index in [1.54, 1.807) is 6.07 Å². The molecule has 2 aromatic carbocycles. The van der Waals surface area contributed by atoms with E-state index >= 15 is 0 Å². The van der Waals surface area contributed by atoms with Crippen molar-refractivity contribution in [1.82, 2.24) is 0 Å². The van der Waals surface area contributed by atoms with E-state index in [1.807, 2.05) is 39.0 Å². The maximum Gasteiger partial charge on any atom is 0.492 e. The van der Waals surface area contributed by atoms with Crippen LogP contribution in [0.4, 0.5) is 5.69 Å². The van der Waals surface area contributed by atoms with E-state index in [0.717, 1.165) is 16.7 Å². The van der Waals surface area contributed by atoms with Gasteiger partial charge in [0, 0.05) is 0 Å². The molecule has 1 aliphatic rings. The van der Waals surface area contributed by atoms with Gasteiger partial charge in [-0.15, -0.1) is 0 Å². The highest BCUT2D eigenvalue weighted by Crippen LogP contribution is 2.32. The highest BCUT2D eigenvalue weighted by Gasteiger charge is 2.29. The van der Waals surface area contributed by atoms with Crippen LogP contribution in [0.1, 0.15) is 23.6 Å². The van der Waals surface area contributed by atoms with Crippen LogP contribution >= 0.6 is 0 Å². The maximum absolute atomic E-state index is 9.83. The molecule has 0 fully saturated rings. The third-order valence-electron chi connectivity index (χ3n) is 3.78. The van der Waals surface area contributed by atoms with Gasteiger partial charge >= 0.3 is 7.12 Å². The number of fused-ring (bicyclic) bond motifs is 1. The van der Waals surface area contributed by atoms with Crippen LogP contribution in [0.3, 0.4) is 0 Å². The summed E-state index contributed by atoms with van der Waals surface area (Å²) in [5.74, 6) is 1.23. The summed E-state index contributed by atoms with van der Waals surface area (Å²) in [5.41, 5.74) is 4.47. The summed E-state index contributed by atoms with van der Waals surface area (Å²) in [6.07, 6.45) is 0. The fourth-order valence-electron chi connectivity index (χ4n) is 2.78. The molecule has 1 heterocycles. The Bertz CT molecular complexity index is 808. The number of aryl methyl sites for hydroxylation is 3.